The van der Waals surface area contributed by atoms with E-state index in [2.05, 4.69) is 10.1 Å². The van der Waals surface area contributed by atoms with Crippen molar-refractivity contribution in [3.63, 3.8) is 0 Å². The quantitative estimate of drug-likeness (QED) is 0.610. The fraction of sp³-hybridized carbons (Fsp3) is 0. The zero-order chi connectivity index (χ0) is 14.9. The monoisotopic (exact) mass is 287 g/mol. The molecule has 0 aliphatic rings. The largest absolute Gasteiger partial charge is 0.506 e. The first-order valence-electron chi connectivity index (χ1n) is 7.01. The summed E-state index contributed by atoms with van der Waals surface area (Å²) in [6.45, 7) is 0. The molecule has 2 heterocycles. The van der Waals surface area contributed by atoms with Gasteiger partial charge in [0.1, 0.15) is 17.0 Å². The number of hydrogen-bond acceptors (Lipinski definition) is 3. The number of aromatic hydroxyl groups is 1. The summed E-state index contributed by atoms with van der Waals surface area (Å²) < 4.78 is 1.77. The molecule has 2 aromatic carbocycles. The zero-order valence-corrected chi connectivity index (χ0v) is 11.7. The Hall–Kier alpha value is -3.14. The molecule has 4 rings (SSSR count). The highest BCUT2D eigenvalue weighted by Gasteiger charge is 2.16. The molecule has 0 amide bonds. The topological polar surface area (TPSA) is 50.9 Å². The molecule has 22 heavy (non-hydrogen) atoms. The van der Waals surface area contributed by atoms with Crippen molar-refractivity contribution in [1.29, 1.82) is 0 Å². The zero-order valence-electron chi connectivity index (χ0n) is 11.7. The average molecular weight is 287 g/mol. The fourth-order valence-electron chi connectivity index (χ4n) is 2.63. The van der Waals surface area contributed by atoms with Gasteiger partial charge in [0.15, 0.2) is 0 Å². The summed E-state index contributed by atoms with van der Waals surface area (Å²) in [6.07, 6.45) is 3.49. The summed E-state index contributed by atoms with van der Waals surface area (Å²) in [4.78, 5) is 4.14. The Bertz CT molecular complexity index is 945. The van der Waals surface area contributed by atoms with Crippen LogP contribution in [0.5, 0.6) is 5.75 Å². The lowest BCUT2D eigenvalue weighted by Crippen LogP contribution is -1.99. The molecule has 2 aromatic heterocycles. The van der Waals surface area contributed by atoms with Crippen LogP contribution >= 0.6 is 0 Å². The van der Waals surface area contributed by atoms with Crippen molar-refractivity contribution in [1.82, 2.24) is 14.8 Å². The summed E-state index contributed by atoms with van der Waals surface area (Å²) in [5.41, 5.74) is 3.43. The van der Waals surface area contributed by atoms with Crippen LogP contribution in [0, 0.1) is 0 Å². The molecule has 0 spiro atoms. The van der Waals surface area contributed by atoms with Gasteiger partial charge in [-0.15, -0.1) is 0 Å². The number of fused-ring (bicyclic) bond motifs is 1. The molecular weight excluding hydrogens is 274 g/mol. The summed E-state index contributed by atoms with van der Waals surface area (Å²) in [5, 5.41) is 15.8. The molecule has 1 N–H and O–H groups in total. The smallest absolute Gasteiger partial charge is 0.141 e. The molecule has 0 aliphatic heterocycles. The third-order valence-corrected chi connectivity index (χ3v) is 3.63. The molecule has 4 aromatic rings. The number of aromatic nitrogens is 3. The van der Waals surface area contributed by atoms with Crippen molar-refractivity contribution in [2.45, 2.75) is 0 Å². The minimum absolute atomic E-state index is 0.195. The molecule has 0 fully saturated rings. The van der Waals surface area contributed by atoms with E-state index in [4.69, 9.17) is 0 Å². The van der Waals surface area contributed by atoms with Crippen LogP contribution < -0.4 is 0 Å². The maximum atomic E-state index is 10.2. The Morgan fingerprint density at radius 3 is 2.45 bits per heavy atom. The maximum Gasteiger partial charge on any atom is 0.141 e. The number of benzene rings is 2. The lowest BCUT2D eigenvalue weighted by atomic mass is 10.1. The van der Waals surface area contributed by atoms with Gasteiger partial charge in [-0.2, -0.15) is 5.10 Å². The van der Waals surface area contributed by atoms with Crippen LogP contribution in [0.1, 0.15) is 0 Å². The standard InChI is InChI=1S/C18H13N3O/c22-17-9-5-4-8-16(17)21-18(13-6-2-1-3-7-13)14-10-11-19-12-15(14)20-21/h1-12,22H. The van der Waals surface area contributed by atoms with Gasteiger partial charge in [0.05, 0.1) is 11.9 Å². The normalized spacial score (nSPS) is 10.9. The van der Waals surface area contributed by atoms with E-state index in [9.17, 15) is 5.11 Å². The Morgan fingerprint density at radius 1 is 0.864 bits per heavy atom. The van der Waals surface area contributed by atoms with Crippen LogP contribution in [0.25, 0.3) is 27.8 Å². The van der Waals surface area contributed by atoms with Crippen LogP contribution in [0.15, 0.2) is 73.1 Å². The minimum atomic E-state index is 0.195. The number of hydrogen-bond donors (Lipinski definition) is 1. The summed E-state index contributed by atoms with van der Waals surface area (Å²) in [5.74, 6) is 0.195. The van der Waals surface area contributed by atoms with E-state index >= 15 is 0 Å². The van der Waals surface area contributed by atoms with Gasteiger partial charge in [-0.1, -0.05) is 42.5 Å². The Morgan fingerprint density at radius 2 is 1.64 bits per heavy atom. The van der Waals surface area contributed by atoms with E-state index in [1.807, 2.05) is 48.5 Å². The fourth-order valence-corrected chi connectivity index (χ4v) is 2.63. The third kappa shape index (κ3) is 1.93. The van der Waals surface area contributed by atoms with Crippen LogP contribution in [0.3, 0.4) is 0 Å². The molecule has 0 aliphatic carbocycles. The van der Waals surface area contributed by atoms with Gasteiger partial charge in [-0.3, -0.25) is 4.98 Å². The summed E-state index contributed by atoms with van der Waals surface area (Å²) >= 11 is 0. The molecule has 106 valence electrons. The second kappa shape index (κ2) is 5.00. The number of phenolic OH excluding ortho intramolecular Hbond substituents is 1. The lowest BCUT2D eigenvalue weighted by molar-refractivity contribution is 0.471. The molecular formula is C18H13N3O. The third-order valence-electron chi connectivity index (χ3n) is 3.63. The van der Waals surface area contributed by atoms with Gasteiger partial charge in [0, 0.05) is 17.1 Å². The number of pyridine rings is 1. The summed E-state index contributed by atoms with van der Waals surface area (Å²) in [7, 11) is 0. The Kier molecular flexibility index (Phi) is 2.86. The SMILES string of the molecule is Oc1ccccc1-n1nc2cnccc2c1-c1ccccc1. The first kappa shape index (κ1) is 12.6. The van der Waals surface area contributed by atoms with Crippen molar-refractivity contribution >= 4 is 10.9 Å². The Balaban J connectivity index is 2.09. The number of rotatable bonds is 2. The van der Waals surface area contributed by atoms with Gasteiger partial charge in [0.2, 0.25) is 0 Å². The predicted molar refractivity (Wildman–Crippen MR) is 86.0 cm³/mol. The van der Waals surface area contributed by atoms with Crippen molar-refractivity contribution in [3.8, 4) is 22.7 Å². The first-order chi connectivity index (χ1) is 10.8. The average Bonchev–Trinajstić information content (AvgIpc) is 2.95. The van der Waals surface area contributed by atoms with Gasteiger partial charge in [0.25, 0.3) is 0 Å². The van der Waals surface area contributed by atoms with E-state index in [0.717, 1.165) is 22.2 Å². The highest BCUT2D eigenvalue weighted by molar-refractivity contribution is 5.93. The molecule has 0 unspecified atom stereocenters. The van der Waals surface area contributed by atoms with Crippen LogP contribution in [0.4, 0.5) is 0 Å². The van der Waals surface area contributed by atoms with E-state index in [0.29, 0.717) is 5.69 Å². The van der Waals surface area contributed by atoms with E-state index < -0.39 is 0 Å². The van der Waals surface area contributed by atoms with E-state index in [-0.39, 0.29) is 5.75 Å². The van der Waals surface area contributed by atoms with Crippen molar-refractivity contribution in [2.75, 3.05) is 0 Å². The van der Waals surface area contributed by atoms with Gasteiger partial charge in [-0.05, 0) is 18.2 Å². The van der Waals surface area contributed by atoms with Crippen LogP contribution in [-0.2, 0) is 0 Å². The number of phenols is 1. The molecule has 0 saturated carbocycles. The molecule has 0 radical (unpaired) electrons. The van der Waals surface area contributed by atoms with Crippen molar-refractivity contribution in [3.05, 3.63) is 73.1 Å². The number of nitrogens with zero attached hydrogens (tertiary/aromatic N) is 3. The number of para-hydroxylation sites is 2. The van der Waals surface area contributed by atoms with Gasteiger partial charge in [-0.25, -0.2) is 4.68 Å². The van der Waals surface area contributed by atoms with Crippen molar-refractivity contribution in [2.24, 2.45) is 0 Å². The van der Waals surface area contributed by atoms with Crippen LogP contribution in [-0.4, -0.2) is 19.9 Å². The molecule has 0 bridgehead atoms. The highest BCUT2D eigenvalue weighted by Crippen LogP contribution is 2.33. The second-order valence-corrected chi connectivity index (χ2v) is 5.01. The minimum Gasteiger partial charge on any atom is -0.506 e. The predicted octanol–water partition coefficient (Wildman–Crippen LogP) is 3.79. The van der Waals surface area contributed by atoms with E-state index in [1.165, 1.54) is 0 Å². The second-order valence-electron chi connectivity index (χ2n) is 5.01. The first-order valence-corrected chi connectivity index (χ1v) is 7.01. The Labute approximate surface area is 127 Å². The lowest BCUT2D eigenvalue weighted by Gasteiger charge is -2.09. The van der Waals surface area contributed by atoms with Gasteiger partial charge >= 0.3 is 0 Å². The van der Waals surface area contributed by atoms with Crippen molar-refractivity contribution < 1.29 is 5.11 Å². The van der Waals surface area contributed by atoms with E-state index in [1.54, 1.807) is 29.2 Å². The van der Waals surface area contributed by atoms with Gasteiger partial charge < -0.3 is 5.11 Å². The molecule has 4 heteroatoms. The summed E-state index contributed by atoms with van der Waals surface area (Å²) in [6, 6.07) is 19.2. The maximum absolute atomic E-state index is 10.2. The molecule has 4 nitrogen and oxygen atoms in total. The molecule has 0 atom stereocenters. The highest BCUT2D eigenvalue weighted by atomic mass is 16.3. The van der Waals surface area contributed by atoms with Crippen LogP contribution in [0.2, 0.25) is 0 Å². The molecule has 0 saturated heterocycles.